The molecule has 122 valence electrons. The highest BCUT2D eigenvalue weighted by molar-refractivity contribution is 5.14. The quantitative estimate of drug-likeness (QED) is 0.751. The molecule has 1 aromatic carbocycles. The number of rotatable bonds is 6. The third-order valence-electron chi connectivity index (χ3n) is 5.20. The lowest BCUT2D eigenvalue weighted by Crippen LogP contribution is -2.46. The zero-order chi connectivity index (χ0) is 15.2. The van der Waals surface area contributed by atoms with Crippen molar-refractivity contribution >= 4 is 0 Å². The van der Waals surface area contributed by atoms with Crippen LogP contribution in [0.1, 0.15) is 25.3 Å². The summed E-state index contributed by atoms with van der Waals surface area (Å²) in [5, 5.41) is 0. The van der Waals surface area contributed by atoms with Crippen LogP contribution < -0.4 is 0 Å². The van der Waals surface area contributed by atoms with Crippen LogP contribution in [0, 0.1) is 5.92 Å². The fourth-order valence-electron chi connectivity index (χ4n) is 3.92. The monoisotopic (exact) mass is 302 g/mol. The maximum Gasteiger partial charge on any atom is 0.0594 e. The second-order valence-corrected chi connectivity index (χ2v) is 6.90. The van der Waals surface area contributed by atoms with Gasteiger partial charge in [-0.3, -0.25) is 4.90 Å². The van der Waals surface area contributed by atoms with E-state index in [-0.39, 0.29) is 0 Å². The molecule has 0 saturated carbocycles. The zero-order valence-electron chi connectivity index (χ0n) is 13.9. The van der Waals surface area contributed by atoms with Gasteiger partial charge in [-0.25, -0.2) is 0 Å². The molecule has 0 aliphatic carbocycles. The summed E-state index contributed by atoms with van der Waals surface area (Å²) in [4.78, 5) is 5.33. The second kappa shape index (κ2) is 8.09. The highest BCUT2D eigenvalue weighted by atomic mass is 16.5. The van der Waals surface area contributed by atoms with Crippen LogP contribution in [0.4, 0.5) is 0 Å². The van der Waals surface area contributed by atoms with Crippen LogP contribution >= 0.6 is 0 Å². The number of unbranched alkanes of at least 4 members (excludes halogenated alkanes) is 1. The average Bonchev–Trinajstić information content (AvgIpc) is 2.94. The fraction of sp³-hybridized carbons (Fsp3) is 0.684. The fourth-order valence-corrected chi connectivity index (χ4v) is 3.92. The molecule has 0 N–H and O–H groups in total. The number of likely N-dealkylation sites (tertiary alicyclic amines) is 1. The lowest BCUT2D eigenvalue weighted by atomic mass is 10.0. The standard InChI is InChI=1S/C19H30N2O/c1-17-15-20(16-19(17)21-11-13-22-14-12-21)10-6-5-9-18-7-3-2-4-8-18/h2-4,7-8,17,19H,5-6,9-16H2,1H3. The van der Waals surface area contributed by atoms with E-state index in [1.807, 2.05) is 0 Å². The van der Waals surface area contributed by atoms with Crippen molar-refractivity contribution in [2.24, 2.45) is 5.92 Å². The Hall–Kier alpha value is -0.900. The van der Waals surface area contributed by atoms with E-state index in [0.717, 1.165) is 38.3 Å². The first kappa shape index (κ1) is 16.0. The van der Waals surface area contributed by atoms with Crippen LogP contribution in [0.3, 0.4) is 0 Å². The highest BCUT2D eigenvalue weighted by Crippen LogP contribution is 2.23. The smallest absolute Gasteiger partial charge is 0.0594 e. The summed E-state index contributed by atoms with van der Waals surface area (Å²) in [5.74, 6) is 0.798. The van der Waals surface area contributed by atoms with Gasteiger partial charge in [0, 0.05) is 32.2 Å². The topological polar surface area (TPSA) is 15.7 Å². The van der Waals surface area contributed by atoms with Gasteiger partial charge in [0.05, 0.1) is 13.2 Å². The van der Waals surface area contributed by atoms with Crippen LogP contribution in [-0.2, 0) is 11.2 Å². The Kier molecular flexibility index (Phi) is 5.88. The lowest BCUT2D eigenvalue weighted by molar-refractivity contribution is 0.0118. The predicted octanol–water partition coefficient (Wildman–Crippen LogP) is 2.66. The molecule has 2 aliphatic heterocycles. The summed E-state index contributed by atoms with van der Waals surface area (Å²) in [7, 11) is 0. The Morgan fingerprint density at radius 3 is 2.59 bits per heavy atom. The Balaban J connectivity index is 1.37. The Bertz CT molecular complexity index is 430. The first-order valence-corrected chi connectivity index (χ1v) is 8.91. The Morgan fingerprint density at radius 1 is 1.05 bits per heavy atom. The SMILES string of the molecule is CC1CN(CCCCc2ccccc2)CC1N1CCOCC1. The molecular formula is C19H30N2O. The Morgan fingerprint density at radius 2 is 1.82 bits per heavy atom. The minimum atomic E-state index is 0.748. The van der Waals surface area contributed by atoms with Gasteiger partial charge in [0.25, 0.3) is 0 Å². The largest absolute Gasteiger partial charge is 0.379 e. The number of morpholine rings is 1. The van der Waals surface area contributed by atoms with Crippen molar-refractivity contribution in [1.82, 2.24) is 9.80 Å². The van der Waals surface area contributed by atoms with E-state index in [2.05, 4.69) is 47.1 Å². The molecule has 0 bridgehead atoms. The predicted molar refractivity (Wildman–Crippen MR) is 91.2 cm³/mol. The molecule has 2 saturated heterocycles. The summed E-state index contributed by atoms with van der Waals surface area (Å²) < 4.78 is 5.49. The van der Waals surface area contributed by atoms with E-state index in [4.69, 9.17) is 4.74 Å². The molecule has 1 aromatic rings. The summed E-state index contributed by atoms with van der Waals surface area (Å²) in [6.45, 7) is 10.3. The van der Waals surface area contributed by atoms with Gasteiger partial charge in [0.2, 0.25) is 0 Å². The molecule has 2 fully saturated rings. The Labute approximate surface area is 135 Å². The third-order valence-corrected chi connectivity index (χ3v) is 5.20. The number of hydrogen-bond acceptors (Lipinski definition) is 3. The van der Waals surface area contributed by atoms with Crippen LogP contribution in [0.25, 0.3) is 0 Å². The van der Waals surface area contributed by atoms with E-state index >= 15 is 0 Å². The third kappa shape index (κ3) is 4.31. The molecule has 2 unspecified atom stereocenters. The summed E-state index contributed by atoms with van der Waals surface area (Å²) in [5.41, 5.74) is 1.48. The van der Waals surface area contributed by atoms with E-state index in [9.17, 15) is 0 Å². The van der Waals surface area contributed by atoms with Crippen LogP contribution in [0.2, 0.25) is 0 Å². The van der Waals surface area contributed by atoms with Gasteiger partial charge < -0.3 is 9.64 Å². The molecule has 22 heavy (non-hydrogen) atoms. The van der Waals surface area contributed by atoms with E-state index in [1.54, 1.807) is 0 Å². The van der Waals surface area contributed by atoms with Gasteiger partial charge in [0.15, 0.2) is 0 Å². The molecule has 0 radical (unpaired) electrons. The van der Waals surface area contributed by atoms with Crippen molar-refractivity contribution in [3.05, 3.63) is 35.9 Å². The number of benzene rings is 1. The van der Waals surface area contributed by atoms with Crippen LogP contribution in [-0.4, -0.2) is 61.8 Å². The van der Waals surface area contributed by atoms with Gasteiger partial charge in [-0.1, -0.05) is 37.3 Å². The number of aryl methyl sites for hydroxylation is 1. The summed E-state index contributed by atoms with van der Waals surface area (Å²) in [6, 6.07) is 11.6. The van der Waals surface area contributed by atoms with E-state index in [1.165, 1.54) is 44.5 Å². The number of ether oxygens (including phenoxy) is 1. The molecule has 3 rings (SSSR count). The number of hydrogen-bond donors (Lipinski definition) is 0. The van der Waals surface area contributed by atoms with Crippen molar-refractivity contribution in [2.75, 3.05) is 45.9 Å². The molecule has 3 heteroatoms. The zero-order valence-corrected chi connectivity index (χ0v) is 13.9. The maximum absolute atomic E-state index is 5.49. The number of nitrogens with zero attached hydrogens (tertiary/aromatic N) is 2. The molecular weight excluding hydrogens is 272 g/mol. The molecule has 2 aliphatic rings. The van der Waals surface area contributed by atoms with E-state index in [0.29, 0.717) is 0 Å². The average molecular weight is 302 g/mol. The van der Waals surface area contributed by atoms with Gasteiger partial charge in [-0.05, 0) is 37.3 Å². The highest BCUT2D eigenvalue weighted by Gasteiger charge is 2.33. The van der Waals surface area contributed by atoms with Gasteiger partial charge in [-0.15, -0.1) is 0 Å². The van der Waals surface area contributed by atoms with E-state index < -0.39 is 0 Å². The van der Waals surface area contributed by atoms with Crippen LogP contribution in [0.5, 0.6) is 0 Å². The molecule has 0 amide bonds. The lowest BCUT2D eigenvalue weighted by Gasteiger charge is -2.34. The first-order chi connectivity index (χ1) is 10.8. The minimum absolute atomic E-state index is 0.748. The molecule has 0 spiro atoms. The van der Waals surface area contributed by atoms with Gasteiger partial charge in [-0.2, -0.15) is 0 Å². The van der Waals surface area contributed by atoms with Crippen molar-refractivity contribution in [1.29, 1.82) is 0 Å². The maximum atomic E-state index is 5.49. The molecule has 3 nitrogen and oxygen atoms in total. The first-order valence-electron chi connectivity index (χ1n) is 8.91. The second-order valence-electron chi connectivity index (χ2n) is 6.90. The normalized spacial score (nSPS) is 27.3. The van der Waals surface area contributed by atoms with Gasteiger partial charge >= 0.3 is 0 Å². The summed E-state index contributed by atoms with van der Waals surface area (Å²) >= 11 is 0. The van der Waals surface area contributed by atoms with Crippen molar-refractivity contribution in [3.63, 3.8) is 0 Å². The molecule has 0 aromatic heterocycles. The van der Waals surface area contributed by atoms with Crippen molar-refractivity contribution in [3.8, 4) is 0 Å². The van der Waals surface area contributed by atoms with Crippen molar-refractivity contribution in [2.45, 2.75) is 32.2 Å². The summed E-state index contributed by atoms with van der Waals surface area (Å²) in [6.07, 6.45) is 3.84. The van der Waals surface area contributed by atoms with Gasteiger partial charge in [0.1, 0.15) is 0 Å². The molecule has 2 atom stereocenters. The molecule has 2 heterocycles. The van der Waals surface area contributed by atoms with Crippen molar-refractivity contribution < 1.29 is 4.74 Å². The van der Waals surface area contributed by atoms with Crippen LogP contribution in [0.15, 0.2) is 30.3 Å². The minimum Gasteiger partial charge on any atom is -0.379 e.